The number of fused-ring (bicyclic) bond motifs is 8. The number of quaternary nitrogens is 1. The Morgan fingerprint density at radius 2 is 1.71 bits per heavy atom. The van der Waals surface area contributed by atoms with Crippen LogP contribution < -0.4 is 4.90 Å². The number of Topliss-reactive ketones (excluding diaryl/α,β-unsaturated/α-hetero) is 1. The molecule has 6 aliphatic rings. The number of ketones is 1. The van der Waals surface area contributed by atoms with E-state index in [1.165, 1.54) is 38.8 Å². The Morgan fingerprint density at radius 1 is 0.903 bits per heavy atom. The maximum absolute atomic E-state index is 13.3. The Balaban J connectivity index is 1.31. The van der Waals surface area contributed by atoms with Gasteiger partial charge in [0.15, 0.2) is 0 Å². The maximum Gasteiger partial charge on any atom is 0.136 e. The van der Waals surface area contributed by atoms with Crippen LogP contribution in [0.4, 0.5) is 0 Å². The van der Waals surface area contributed by atoms with Gasteiger partial charge in [0.2, 0.25) is 0 Å². The Kier molecular flexibility index (Phi) is 4.78. The molecule has 0 spiro atoms. The highest BCUT2D eigenvalue weighted by molar-refractivity contribution is 5.83. The maximum atomic E-state index is 13.3. The molecule has 174 valence electrons. The SMILES string of the molecule is CC1CCC2[NH+](C1)CC1C3CC4C(CC(=O)C5CC(O)CCC54C)C3CCC1C2(C)O. The summed E-state index contributed by atoms with van der Waals surface area (Å²) in [5.41, 5.74) is -0.438. The summed E-state index contributed by atoms with van der Waals surface area (Å²) in [6.07, 6.45) is 9.19. The van der Waals surface area contributed by atoms with Gasteiger partial charge in [0.25, 0.3) is 0 Å². The van der Waals surface area contributed by atoms with Crippen molar-refractivity contribution in [3.05, 3.63) is 0 Å². The van der Waals surface area contributed by atoms with Crippen LogP contribution in [0.3, 0.4) is 0 Å². The Bertz CT molecular complexity index is 751. The van der Waals surface area contributed by atoms with Crippen molar-refractivity contribution in [1.29, 1.82) is 0 Å². The monoisotopic (exact) mass is 430 g/mol. The van der Waals surface area contributed by atoms with E-state index in [2.05, 4.69) is 20.8 Å². The van der Waals surface area contributed by atoms with Gasteiger partial charge in [-0.05, 0) is 81.0 Å². The fourth-order valence-electron chi connectivity index (χ4n) is 10.6. The van der Waals surface area contributed by atoms with Gasteiger partial charge in [0, 0.05) is 36.5 Å². The summed E-state index contributed by atoms with van der Waals surface area (Å²) in [5.74, 6) is 4.98. The van der Waals surface area contributed by atoms with Crippen molar-refractivity contribution in [2.24, 2.45) is 52.8 Å². The van der Waals surface area contributed by atoms with Gasteiger partial charge in [-0.25, -0.2) is 0 Å². The summed E-state index contributed by atoms with van der Waals surface area (Å²) < 4.78 is 0. The molecule has 0 radical (unpaired) electrons. The molecule has 0 bridgehead atoms. The zero-order valence-corrected chi connectivity index (χ0v) is 19.9. The third kappa shape index (κ3) is 2.93. The molecule has 6 rings (SSSR count). The minimum Gasteiger partial charge on any atom is -0.393 e. The summed E-state index contributed by atoms with van der Waals surface area (Å²) in [5, 5.41) is 22.1. The van der Waals surface area contributed by atoms with Gasteiger partial charge in [0.05, 0.1) is 19.2 Å². The zero-order chi connectivity index (χ0) is 21.7. The van der Waals surface area contributed by atoms with Crippen LogP contribution in [0.15, 0.2) is 0 Å². The standard InChI is InChI=1S/C27H43NO3/c1-15-4-7-25-27(3,31)21-6-5-17-18(20(21)14-28(25)13-15)11-22-19(17)12-24(30)23-10-16(29)8-9-26(22,23)2/h15-23,25,29,31H,4-14H2,1-3H3/p+1. The third-order valence-corrected chi connectivity index (χ3v) is 12.0. The Morgan fingerprint density at radius 3 is 2.52 bits per heavy atom. The van der Waals surface area contributed by atoms with E-state index in [1.807, 2.05) is 0 Å². The second-order valence-electron chi connectivity index (χ2n) is 13.4. The minimum atomic E-state index is -0.533. The lowest BCUT2D eigenvalue weighted by atomic mass is 9.51. The third-order valence-electron chi connectivity index (χ3n) is 12.0. The first-order valence-electron chi connectivity index (χ1n) is 13.5. The summed E-state index contributed by atoms with van der Waals surface area (Å²) in [6, 6.07) is 0.425. The van der Waals surface area contributed by atoms with Crippen molar-refractivity contribution in [3.63, 3.8) is 0 Å². The number of nitrogens with one attached hydrogen (secondary N) is 1. The topological polar surface area (TPSA) is 62.0 Å². The molecular weight excluding hydrogens is 386 g/mol. The van der Waals surface area contributed by atoms with Crippen LogP contribution in [0.1, 0.15) is 78.6 Å². The number of carbonyl (C=O) groups is 1. The largest absolute Gasteiger partial charge is 0.393 e. The van der Waals surface area contributed by atoms with E-state index in [4.69, 9.17) is 0 Å². The van der Waals surface area contributed by atoms with Gasteiger partial charge in [-0.15, -0.1) is 0 Å². The van der Waals surface area contributed by atoms with Crippen LogP contribution in [0.5, 0.6) is 0 Å². The van der Waals surface area contributed by atoms with Crippen LogP contribution in [-0.4, -0.2) is 46.8 Å². The molecule has 2 aliphatic heterocycles. The number of hydrogen-bond donors (Lipinski definition) is 3. The van der Waals surface area contributed by atoms with Crippen LogP contribution in [0.25, 0.3) is 0 Å². The molecule has 4 aliphatic carbocycles. The second-order valence-corrected chi connectivity index (χ2v) is 13.4. The van der Waals surface area contributed by atoms with Crippen molar-refractivity contribution in [1.82, 2.24) is 0 Å². The molecule has 0 amide bonds. The average Bonchev–Trinajstić information content (AvgIpc) is 3.09. The van der Waals surface area contributed by atoms with Crippen LogP contribution in [-0.2, 0) is 4.79 Å². The molecule has 31 heavy (non-hydrogen) atoms. The first-order valence-corrected chi connectivity index (χ1v) is 13.5. The van der Waals surface area contributed by atoms with Gasteiger partial charge in [0.1, 0.15) is 17.4 Å². The molecule has 2 saturated heterocycles. The predicted octanol–water partition coefficient (Wildman–Crippen LogP) is 2.47. The number of aliphatic hydroxyl groups is 2. The molecular formula is C27H44NO3+. The molecule has 4 nitrogen and oxygen atoms in total. The highest BCUT2D eigenvalue weighted by Crippen LogP contribution is 2.66. The molecule has 4 saturated carbocycles. The zero-order valence-electron chi connectivity index (χ0n) is 19.9. The summed E-state index contributed by atoms with van der Waals surface area (Å²) in [7, 11) is 0. The van der Waals surface area contributed by atoms with E-state index in [1.54, 1.807) is 4.90 Å². The van der Waals surface area contributed by atoms with E-state index in [0.717, 1.165) is 31.6 Å². The summed E-state index contributed by atoms with van der Waals surface area (Å²) in [6.45, 7) is 9.45. The van der Waals surface area contributed by atoms with Crippen LogP contribution in [0, 0.1) is 52.8 Å². The molecule has 0 aromatic rings. The van der Waals surface area contributed by atoms with Gasteiger partial charge in [-0.2, -0.15) is 0 Å². The highest BCUT2D eigenvalue weighted by Gasteiger charge is 2.65. The Labute approximate surface area is 188 Å². The van der Waals surface area contributed by atoms with E-state index in [0.29, 0.717) is 53.8 Å². The quantitative estimate of drug-likeness (QED) is 0.553. The van der Waals surface area contributed by atoms with E-state index < -0.39 is 5.60 Å². The van der Waals surface area contributed by atoms with Gasteiger partial charge < -0.3 is 15.1 Å². The highest BCUT2D eigenvalue weighted by atomic mass is 16.3. The fourth-order valence-corrected chi connectivity index (χ4v) is 10.6. The smallest absolute Gasteiger partial charge is 0.136 e. The second kappa shape index (κ2) is 7.03. The number of aliphatic hydroxyl groups excluding tert-OH is 1. The molecule has 4 heteroatoms. The normalized spacial score (nSPS) is 60.9. The van der Waals surface area contributed by atoms with Crippen molar-refractivity contribution in [2.45, 2.75) is 96.3 Å². The lowest BCUT2D eigenvalue weighted by Crippen LogP contribution is -3.21. The van der Waals surface area contributed by atoms with E-state index >= 15 is 0 Å². The molecule has 13 atom stereocenters. The average molecular weight is 431 g/mol. The van der Waals surface area contributed by atoms with Gasteiger partial charge in [-0.1, -0.05) is 13.8 Å². The molecule has 2 heterocycles. The van der Waals surface area contributed by atoms with Crippen molar-refractivity contribution < 1.29 is 19.9 Å². The Hall–Kier alpha value is -0.450. The molecule has 6 fully saturated rings. The lowest BCUT2D eigenvalue weighted by Gasteiger charge is -2.57. The van der Waals surface area contributed by atoms with Crippen LogP contribution >= 0.6 is 0 Å². The van der Waals surface area contributed by atoms with Gasteiger partial charge >= 0.3 is 0 Å². The molecule has 3 N–H and O–H groups in total. The van der Waals surface area contributed by atoms with E-state index in [-0.39, 0.29) is 17.4 Å². The summed E-state index contributed by atoms with van der Waals surface area (Å²) >= 11 is 0. The molecule has 0 aromatic heterocycles. The molecule has 13 unspecified atom stereocenters. The molecule has 0 aromatic carbocycles. The van der Waals surface area contributed by atoms with Gasteiger partial charge in [-0.3, -0.25) is 4.79 Å². The van der Waals surface area contributed by atoms with Crippen molar-refractivity contribution in [3.8, 4) is 0 Å². The minimum absolute atomic E-state index is 0.0841. The first kappa shape index (κ1) is 21.1. The number of rotatable bonds is 0. The fraction of sp³-hybridized carbons (Fsp3) is 0.963. The predicted molar refractivity (Wildman–Crippen MR) is 119 cm³/mol. The van der Waals surface area contributed by atoms with Crippen LogP contribution in [0.2, 0.25) is 0 Å². The number of carbonyl (C=O) groups excluding carboxylic acids is 1. The van der Waals surface area contributed by atoms with E-state index in [9.17, 15) is 15.0 Å². The van der Waals surface area contributed by atoms with Crippen molar-refractivity contribution >= 4 is 5.78 Å². The number of piperidine rings is 2. The lowest BCUT2D eigenvalue weighted by molar-refractivity contribution is -0.953. The number of hydrogen-bond acceptors (Lipinski definition) is 3. The van der Waals surface area contributed by atoms with Crippen molar-refractivity contribution in [2.75, 3.05) is 13.1 Å². The first-order chi connectivity index (χ1) is 14.7. The summed E-state index contributed by atoms with van der Waals surface area (Å²) in [4.78, 5) is 14.9.